The molecule has 1 aromatic rings. The molecule has 0 fully saturated rings. The van der Waals surface area contributed by atoms with E-state index in [1.807, 2.05) is 0 Å². The first-order valence-corrected chi connectivity index (χ1v) is 3.45. The first-order valence-electron chi connectivity index (χ1n) is 2.66. The molecule has 0 aliphatic rings. The molecule has 0 radical (unpaired) electrons. The lowest BCUT2D eigenvalue weighted by molar-refractivity contribution is 0.620. The van der Waals surface area contributed by atoms with Gasteiger partial charge in [0.15, 0.2) is 0 Å². The molecule has 0 aromatic heterocycles. The highest BCUT2D eigenvalue weighted by atomic mass is 79.9. The Morgan fingerprint density at radius 3 is 2.70 bits per heavy atom. The first-order chi connectivity index (χ1) is 4.75. The summed E-state index contributed by atoms with van der Waals surface area (Å²) in [5.74, 6) is 2.03. The van der Waals surface area contributed by atoms with Gasteiger partial charge in [-0.1, -0.05) is 12.0 Å². The third kappa shape index (κ3) is 1.19. The zero-order valence-corrected chi connectivity index (χ0v) is 6.65. The van der Waals surface area contributed by atoms with E-state index in [4.69, 9.17) is 6.42 Å². The fourth-order valence-corrected chi connectivity index (χ4v) is 0.994. The molecule has 0 aliphatic heterocycles. The Bertz CT molecular complexity index is 286. The molecule has 0 heterocycles. The predicted molar refractivity (Wildman–Crippen MR) is 42.0 cm³/mol. The number of hydrogen-bond donors (Lipinski definition) is 0. The molecular formula is C8H4BrF. The molecule has 0 atom stereocenters. The van der Waals surface area contributed by atoms with Crippen molar-refractivity contribution in [3.05, 3.63) is 34.1 Å². The van der Waals surface area contributed by atoms with Gasteiger partial charge in [-0.2, -0.15) is 0 Å². The van der Waals surface area contributed by atoms with E-state index >= 15 is 0 Å². The Morgan fingerprint density at radius 1 is 1.50 bits per heavy atom. The van der Waals surface area contributed by atoms with Crippen LogP contribution in [0.2, 0.25) is 0 Å². The van der Waals surface area contributed by atoms with Crippen molar-refractivity contribution in [2.45, 2.75) is 0 Å². The van der Waals surface area contributed by atoms with E-state index in [2.05, 4.69) is 21.9 Å². The lowest BCUT2D eigenvalue weighted by Crippen LogP contribution is -1.80. The van der Waals surface area contributed by atoms with Crippen molar-refractivity contribution in [2.24, 2.45) is 0 Å². The molecule has 0 unspecified atom stereocenters. The van der Waals surface area contributed by atoms with E-state index in [0.717, 1.165) is 0 Å². The van der Waals surface area contributed by atoms with Crippen LogP contribution in [0.25, 0.3) is 0 Å². The molecule has 0 amide bonds. The van der Waals surface area contributed by atoms with Crippen LogP contribution in [0.15, 0.2) is 22.7 Å². The molecule has 1 rings (SSSR count). The van der Waals surface area contributed by atoms with Gasteiger partial charge in [-0.3, -0.25) is 0 Å². The number of benzene rings is 1. The summed E-state index contributed by atoms with van der Waals surface area (Å²) in [6.07, 6.45) is 5.07. The molecule has 50 valence electrons. The fourth-order valence-electron chi connectivity index (χ4n) is 0.615. The topological polar surface area (TPSA) is 0 Å². The Kier molecular flexibility index (Phi) is 2.08. The highest BCUT2D eigenvalue weighted by Crippen LogP contribution is 2.18. The Hall–Kier alpha value is -0.810. The predicted octanol–water partition coefficient (Wildman–Crippen LogP) is 2.57. The minimum Gasteiger partial charge on any atom is -0.206 e. The van der Waals surface area contributed by atoms with E-state index < -0.39 is 0 Å². The van der Waals surface area contributed by atoms with Crippen LogP contribution < -0.4 is 0 Å². The van der Waals surface area contributed by atoms with Crippen LogP contribution >= 0.6 is 15.9 Å². The SMILES string of the molecule is C#Cc1cccc(F)c1Br. The van der Waals surface area contributed by atoms with Gasteiger partial charge in [0.1, 0.15) is 5.82 Å². The number of halogens is 2. The van der Waals surface area contributed by atoms with Crippen LogP contribution in [-0.4, -0.2) is 0 Å². The quantitative estimate of drug-likeness (QED) is 0.563. The maximum atomic E-state index is 12.6. The molecular weight excluding hydrogens is 195 g/mol. The Labute approximate surface area is 67.2 Å². The van der Waals surface area contributed by atoms with E-state index in [0.29, 0.717) is 10.0 Å². The normalized spacial score (nSPS) is 8.90. The van der Waals surface area contributed by atoms with Gasteiger partial charge in [0.25, 0.3) is 0 Å². The van der Waals surface area contributed by atoms with Gasteiger partial charge in [0.2, 0.25) is 0 Å². The van der Waals surface area contributed by atoms with Crippen molar-refractivity contribution >= 4 is 15.9 Å². The van der Waals surface area contributed by atoms with Crippen LogP contribution in [0, 0.1) is 18.2 Å². The molecule has 0 bridgehead atoms. The molecule has 0 saturated heterocycles. The summed E-state index contributed by atoms with van der Waals surface area (Å²) in [6, 6.07) is 4.60. The second kappa shape index (κ2) is 2.85. The molecule has 2 heteroatoms. The van der Waals surface area contributed by atoms with Crippen LogP contribution in [0.3, 0.4) is 0 Å². The third-order valence-corrected chi connectivity index (χ3v) is 1.91. The van der Waals surface area contributed by atoms with Crippen molar-refractivity contribution < 1.29 is 4.39 Å². The second-order valence-corrected chi connectivity index (χ2v) is 2.54. The summed E-state index contributed by atoms with van der Waals surface area (Å²) >= 11 is 3.02. The number of rotatable bonds is 0. The Balaban J connectivity index is 3.31. The van der Waals surface area contributed by atoms with Gasteiger partial charge in [-0.15, -0.1) is 6.42 Å². The minimum atomic E-state index is -0.324. The van der Waals surface area contributed by atoms with Crippen LogP contribution in [0.5, 0.6) is 0 Å². The fraction of sp³-hybridized carbons (Fsp3) is 0. The van der Waals surface area contributed by atoms with Gasteiger partial charge in [0, 0.05) is 5.56 Å². The van der Waals surface area contributed by atoms with Crippen molar-refractivity contribution in [3.8, 4) is 12.3 Å². The maximum absolute atomic E-state index is 12.6. The monoisotopic (exact) mass is 198 g/mol. The van der Waals surface area contributed by atoms with Gasteiger partial charge >= 0.3 is 0 Å². The molecule has 0 spiro atoms. The highest BCUT2D eigenvalue weighted by Gasteiger charge is 2.00. The number of terminal acetylenes is 1. The van der Waals surface area contributed by atoms with Crippen LogP contribution in [-0.2, 0) is 0 Å². The largest absolute Gasteiger partial charge is 0.206 e. The van der Waals surface area contributed by atoms with Gasteiger partial charge < -0.3 is 0 Å². The van der Waals surface area contributed by atoms with Crippen molar-refractivity contribution in [3.63, 3.8) is 0 Å². The van der Waals surface area contributed by atoms with E-state index in [-0.39, 0.29) is 5.82 Å². The first kappa shape index (κ1) is 7.30. The third-order valence-electron chi connectivity index (χ3n) is 1.11. The molecule has 10 heavy (non-hydrogen) atoms. The number of hydrogen-bond acceptors (Lipinski definition) is 0. The smallest absolute Gasteiger partial charge is 0.138 e. The summed E-state index contributed by atoms with van der Waals surface area (Å²) in [7, 11) is 0. The van der Waals surface area contributed by atoms with Gasteiger partial charge in [-0.05, 0) is 28.1 Å². The standard InChI is InChI=1S/C8H4BrF/c1-2-6-4-3-5-7(10)8(6)9/h1,3-5H. The van der Waals surface area contributed by atoms with Gasteiger partial charge in [-0.25, -0.2) is 4.39 Å². The average Bonchev–Trinajstić information content (AvgIpc) is 1.95. The summed E-state index contributed by atoms with van der Waals surface area (Å²) in [4.78, 5) is 0. The summed E-state index contributed by atoms with van der Waals surface area (Å²) in [5.41, 5.74) is 0.542. The molecule has 0 nitrogen and oxygen atoms in total. The van der Waals surface area contributed by atoms with E-state index in [1.165, 1.54) is 6.07 Å². The average molecular weight is 199 g/mol. The maximum Gasteiger partial charge on any atom is 0.138 e. The Morgan fingerprint density at radius 2 is 2.20 bits per heavy atom. The van der Waals surface area contributed by atoms with Crippen LogP contribution in [0.4, 0.5) is 4.39 Å². The van der Waals surface area contributed by atoms with Gasteiger partial charge in [0.05, 0.1) is 4.47 Å². The van der Waals surface area contributed by atoms with E-state index in [1.54, 1.807) is 12.1 Å². The minimum absolute atomic E-state index is 0.324. The zero-order valence-electron chi connectivity index (χ0n) is 5.07. The highest BCUT2D eigenvalue weighted by molar-refractivity contribution is 9.10. The van der Waals surface area contributed by atoms with Crippen molar-refractivity contribution in [2.75, 3.05) is 0 Å². The van der Waals surface area contributed by atoms with E-state index in [9.17, 15) is 4.39 Å². The lowest BCUT2D eigenvalue weighted by Gasteiger charge is -1.94. The summed E-state index contributed by atoms with van der Waals surface area (Å²) in [5, 5.41) is 0. The second-order valence-electron chi connectivity index (χ2n) is 1.75. The molecule has 0 N–H and O–H groups in total. The molecule has 1 aromatic carbocycles. The zero-order chi connectivity index (χ0) is 7.56. The summed E-state index contributed by atoms with van der Waals surface area (Å²) < 4.78 is 13.0. The molecule has 0 aliphatic carbocycles. The van der Waals surface area contributed by atoms with Crippen LogP contribution in [0.1, 0.15) is 5.56 Å². The van der Waals surface area contributed by atoms with Crippen molar-refractivity contribution in [1.29, 1.82) is 0 Å². The molecule has 0 saturated carbocycles. The lowest BCUT2D eigenvalue weighted by atomic mass is 10.2. The summed E-state index contributed by atoms with van der Waals surface area (Å²) in [6.45, 7) is 0. The van der Waals surface area contributed by atoms with Crippen molar-refractivity contribution in [1.82, 2.24) is 0 Å².